The number of aryl methyl sites for hydroxylation is 2. The summed E-state index contributed by atoms with van der Waals surface area (Å²) in [6.45, 7) is 5.67. The number of nitrogens with zero attached hydrogens (tertiary/aromatic N) is 2. The van der Waals surface area contributed by atoms with E-state index < -0.39 is 0 Å². The molecule has 1 aromatic carbocycles. The van der Waals surface area contributed by atoms with Crippen molar-refractivity contribution in [2.75, 3.05) is 26.2 Å². The van der Waals surface area contributed by atoms with Crippen molar-refractivity contribution in [2.45, 2.75) is 57.9 Å². The van der Waals surface area contributed by atoms with E-state index in [4.69, 9.17) is 0 Å². The van der Waals surface area contributed by atoms with Gasteiger partial charge in [0.15, 0.2) is 0 Å². The summed E-state index contributed by atoms with van der Waals surface area (Å²) in [5.41, 5.74) is 2.64. The van der Waals surface area contributed by atoms with E-state index in [0.717, 1.165) is 48.7 Å². The molecule has 2 heterocycles. The number of benzene rings is 1. The zero-order valence-electron chi connectivity index (χ0n) is 16.9. The molecule has 1 amide bonds. The number of carbonyl (C=O) groups excluding carboxylic acids is 1. The smallest absolute Gasteiger partial charge is 0.251 e. The number of fused-ring (bicyclic) bond motifs is 1. The highest BCUT2D eigenvalue weighted by atomic mass is 16.2. The maximum atomic E-state index is 12.7. The molecular formula is C23H31N3O2. The van der Waals surface area contributed by atoms with Gasteiger partial charge in [0.1, 0.15) is 0 Å². The number of rotatable bonds is 4. The molecule has 0 atom stereocenters. The Kier molecular flexibility index (Phi) is 5.81. The molecule has 2 aliphatic rings. The lowest BCUT2D eigenvalue weighted by Crippen LogP contribution is -2.52. The number of aromatic amines is 1. The molecule has 1 aliphatic carbocycles. The molecule has 5 heteroatoms. The van der Waals surface area contributed by atoms with Crippen molar-refractivity contribution in [3.8, 4) is 0 Å². The lowest BCUT2D eigenvalue weighted by molar-refractivity contribution is -0.133. The van der Waals surface area contributed by atoms with Gasteiger partial charge in [0.25, 0.3) is 5.56 Å². The van der Waals surface area contributed by atoms with E-state index in [1.54, 1.807) is 0 Å². The number of hydrogen-bond acceptors (Lipinski definition) is 3. The predicted molar refractivity (Wildman–Crippen MR) is 113 cm³/mol. The Bertz CT molecular complexity index is 890. The molecule has 28 heavy (non-hydrogen) atoms. The van der Waals surface area contributed by atoms with Crippen molar-refractivity contribution in [1.29, 1.82) is 0 Å². The van der Waals surface area contributed by atoms with Crippen LogP contribution < -0.4 is 5.56 Å². The summed E-state index contributed by atoms with van der Waals surface area (Å²) < 4.78 is 0. The Morgan fingerprint density at radius 2 is 1.82 bits per heavy atom. The fraction of sp³-hybridized carbons (Fsp3) is 0.565. The lowest BCUT2D eigenvalue weighted by atomic mass is 9.94. The predicted octanol–water partition coefficient (Wildman–Crippen LogP) is 3.25. The molecule has 0 bridgehead atoms. The van der Waals surface area contributed by atoms with Crippen molar-refractivity contribution in [2.24, 2.45) is 0 Å². The number of amides is 1. The number of H-pyrrole nitrogens is 1. The molecule has 4 rings (SSSR count). The van der Waals surface area contributed by atoms with Crippen LogP contribution in [0.5, 0.6) is 0 Å². The standard InChI is InChI=1S/C23H31N3O2/c1-17-7-9-21-19(15-17)16-18(23(28)24-21)8-10-22(27)26-13-11-25(12-14-26)20-5-3-2-4-6-20/h7,9,15-16,20H,2-6,8,10-14H2,1H3,(H,24,28). The molecule has 1 aliphatic heterocycles. The molecule has 1 aromatic heterocycles. The van der Waals surface area contributed by atoms with E-state index >= 15 is 0 Å². The number of aromatic nitrogens is 1. The van der Waals surface area contributed by atoms with Gasteiger partial charge in [-0.25, -0.2) is 0 Å². The summed E-state index contributed by atoms with van der Waals surface area (Å²) in [4.78, 5) is 32.5. The van der Waals surface area contributed by atoms with E-state index in [1.807, 2.05) is 30.0 Å². The number of nitrogens with one attached hydrogen (secondary N) is 1. The first kappa shape index (κ1) is 19.2. The number of hydrogen-bond donors (Lipinski definition) is 1. The van der Waals surface area contributed by atoms with Crippen LogP contribution in [0.2, 0.25) is 0 Å². The minimum Gasteiger partial charge on any atom is -0.340 e. The number of carbonyl (C=O) groups is 1. The van der Waals surface area contributed by atoms with E-state index in [-0.39, 0.29) is 11.5 Å². The molecule has 150 valence electrons. The van der Waals surface area contributed by atoms with Gasteiger partial charge in [0.05, 0.1) is 0 Å². The van der Waals surface area contributed by atoms with E-state index in [1.165, 1.54) is 32.1 Å². The van der Waals surface area contributed by atoms with Crippen LogP contribution in [0.3, 0.4) is 0 Å². The second-order valence-corrected chi connectivity index (χ2v) is 8.42. The highest BCUT2D eigenvalue weighted by Gasteiger charge is 2.26. The Morgan fingerprint density at radius 1 is 1.07 bits per heavy atom. The van der Waals surface area contributed by atoms with Crippen LogP contribution >= 0.6 is 0 Å². The summed E-state index contributed by atoms with van der Waals surface area (Å²) >= 11 is 0. The first-order chi connectivity index (χ1) is 13.6. The summed E-state index contributed by atoms with van der Waals surface area (Å²) in [6.07, 6.45) is 7.62. The third-order valence-electron chi connectivity index (χ3n) is 6.44. The topological polar surface area (TPSA) is 56.4 Å². The molecule has 0 unspecified atom stereocenters. The Hall–Kier alpha value is -2.14. The normalized spacial score (nSPS) is 19.2. The van der Waals surface area contributed by atoms with Gasteiger partial charge < -0.3 is 9.88 Å². The minimum absolute atomic E-state index is 0.0775. The Labute approximate surface area is 166 Å². The van der Waals surface area contributed by atoms with Gasteiger partial charge in [0, 0.05) is 49.7 Å². The van der Waals surface area contributed by atoms with E-state index in [0.29, 0.717) is 18.4 Å². The van der Waals surface area contributed by atoms with Crippen LogP contribution in [0, 0.1) is 6.92 Å². The second kappa shape index (κ2) is 8.48. The zero-order valence-corrected chi connectivity index (χ0v) is 16.9. The second-order valence-electron chi connectivity index (χ2n) is 8.42. The molecule has 1 saturated heterocycles. The Balaban J connectivity index is 1.33. The highest BCUT2D eigenvalue weighted by Crippen LogP contribution is 2.23. The molecule has 2 fully saturated rings. The molecule has 0 spiro atoms. The molecule has 5 nitrogen and oxygen atoms in total. The first-order valence-corrected chi connectivity index (χ1v) is 10.7. The molecule has 1 N–H and O–H groups in total. The van der Waals surface area contributed by atoms with Crippen LogP contribution in [0.4, 0.5) is 0 Å². The maximum absolute atomic E-state index is 12.7. The quantitative estimate of drug-likeness (QED) is 0.885. The van der Waals surface area contributed by atoms with Crippen LogP contribution in [-0.4, -0.2) is 52.9 Å². The largest absolute Gasteiger partial charge is 0.340 e. The van der Waals surface area contributed by atoms with Crippen LogP contribution in [0.25, 0.3) is 10.9 Å². The van der Waals surface area contributed by atoms with Crippen LogP contribution in [-0.2, 0) is 11.2 Å². The summed E-state index contributed by atoms with van der Waals surface area (Å²) in [5.74, 6) is 0.173. The highest BCUT2D eigenvalue weighted by molar-refractivity contribution is 5.80. The molecule has 1 saturated carbocycles. The lowest BCUT2D eigenvalue weighted by Gasteiger charge is -2.40. The van der Waals surface area contributed by atoms with Crippen molar-refractivity contribution < 1.29 is 4.79 Å². The molecule has 0 radical (unpaired) electrons. The zero-order chi connectivity index (χ0) is 19.5. The van der Waals surface area contributed by atoms with Crippen LogP contribution in [0.15, 0.2) is 29.1 Å². The average Bonchev–Trinajstić information content (AvgIpc) is 2.73. The Morgan fingerprint density at radius 3 is 2.57 bits per heavy atom. The van der Waals surface area contributed by atoms with Gasteiger partial charge in [0.2, 0.25) is 5.91 Å². The summed E-state index contributed by atoms with van der Waals surface area (Å²) in [6, 6.07) is 8.67. The van der Waals surface area contributed by atoms with Gasteiger partial charge in [-0.05, 0) is 49.8 Å². The van der Waals surface area contributed by atoms with Crippen LogP contribution in [0.1, 0.15) is 49.7 Å². The average molecular weight is 382 g/mol. The summed E-state index contributed by atoms with van der Waals surface area (Å²) in [5, 5.41) is 1.03. The van der Waals surface area contributed by atoms with Crippen molar-refractivity contribution >= 4 is 16.8 Å². The number of pyridine rings is 1. The van der Waals surface area contributed by atoms with E-state index in [9.17, 15) is 9.59 Å². The van der Waals surface area contributed by atoms with Gasteiger partial charge in [-0.3, -0.25) is 14.5 Å². The van der Waals surface area contributed by atoms with Crippen molar-refractivity contribution in [3.05, 3.63) is 45.7 Å². The van der Waals surface area contributed by atoms with E-state index in [2.05, 4.69) is 16.0 Å². The van der Waals surface area contributed by atoms with Gasteiger partial charge in [-0.1, -0.05) is 30.9 Å². The van der Waals surface area contributed by atoms with Gasteiger partial charge >= 0.3 is 0 Å². The van der Waals surface area contributed by atoms with Gasteiger partial charge in [-0.15, -0.1) is 0 Å². The maximum Gasteiger partial charge on any atom is 0.251 e. The third-order valence-corrected chi connectivity index (χ3v) is 6.44. The third kappa shape index (κ3) is 4.30. The van der Waals surface area contributed by atoms with Crippen molar-refractivity contribution in [3.63, 3.8) is 0 Å². The fourth-order valence-electron chi connectivity index (χ4n) is 4.74. The number of piperazine rings is 1. The van der Waals surface area contributed by atoms with Gasteiger partial charge in [-0.2, -0.15) is 0 Å². The molecular weight excluding hydrogens is 350 g/mol. The first-order valence-electron chi connectivity index (χ1n) is 10.7. The molecule has 2 aromatic rings. The summed E-state index contributed by atoms with van der Waals surface area (Å²) in [7, 11) is 0. The fourth-order valence-corrected chi connectivity index (χ4v) is 4.74. The minimum atomic E-state index is -0.0775. The monoisotopic (exact) mass is 381 g/mol. The van der Waals surface area contributed by atoms with Crippen molar-refractivity contribution in [1.82, 2.24) is 14.8 Å². The SMILES string of the molecule is Cc1ccc2[nH]c(=O)c(CCC(=O)N3CCN(C4CCCCC4)CC3)cc2c1.